The number of piperazine rings is 1. The van der Waals surface area contributed by atoms with E-state index < -0.39 is 0 Å². The summed E-state index contributed by atoms with van der Waals surface area (Å²) in [5.74, 6) is 2.16. The molecule has 1 amide bonds. The van der Waals surface area contributed by atoms with E-state index in [4.69, 9.17) is 9.40 Å². The summed E-state index contributed by atoms with van der Waals surface area (Å²) in [4.78, 5) is 28.2. The fraction of sp³-hybridized carbons (Fsp3) is 0.526. The molecule has 0 saturated carbocycles. The molecule has 0 spiro atoms. The molecule has 0 N–H and O–H groups in total. The van der Waals surface area contributed by atoms with E-state index in [1.807, 2.05) is 11.8 Å². The molecule has 26 heavy (non-hydrogen) atoms. The van der Waals surface area contributed by atoms with E-state index in [0.717, 1.165) is 43.6 Å². The summed E-state index contributed by atoms with van der Waals surface area (Å²) in [6.45, 7) is 6.92. The third-order valence-electron chi connectivity index (χ3n) is 5.09. The van der Waals surface area contributed by atoms with Crippen LogP contribution in [-0.4, -0.2) is 60.0 Å². The van der Waals surface area contributed by atoms with Crippen molar-refractivity contribution in [1.29, 1.82) is 0 Å². The number of nitrogens with zero attached hydrogens (tertiary/aromatic N) is 5. The number of hydrogen-bond donors (Lipinski definition) is 0. The Kier molecular flexibility index (Phi) is 4.77. The van der Waals surface area contributed by atoms with Gasteiger partial charge in [-0.05, 0) is 38.3 Å². The van der Waals surface area contributed by atoms with Crippen molar-refractivity contribution in [3.8, 4) is 0 Å². The Morgan fingerprint density at radius 1 is 1.00 bits per heavy atom. The third-order valence-corrected chi connectivity index (χ3v) is 5.09. The molecule has 0 atom stereocenters. The van der Waals surface area contributed by atoms with E-state index in [0.29, 0.717) is 18.8 Å². The van der Waals surface area contributed by atoms with Gasteiger partial charge in [-0.2, -0.15) is 4.98 Å². The summed E-state index contributed by atoms with van der Waals surface area (Å²) in [7, 11) is 0. The van der Waals surface area contributed by atoms with Crippen LogP contribution in [0, 0.1) is 6.92 Å². The molecule has 2 aromatic rings. The van der Waals surface area contributed by atoms with Crippen LogP contribution >= 0.6 is 0 Å². The number of aryl methyl sites for hydroxylation is 1. The van der Waals surface area contributed by atoms with Crippen LogP contribution in [-0.2, 0) is 0 Å². The van der Waals surface area contributed by atoms with Gasteiger partial charge in [0.05, 0.1) is 6.26 Å². The standard InChI is InChI=1S/C19H25N5O2/c1-15-14-17(22-7-3-2-4-8-22)21-19(20-15)24-11-9-23(10-12-24)18(25)16-6-5-13-26-16/h5-6,13-14H,2-4,7-12H2,1H3. The van der Waals surface area contributed by atoms with Crippen molar-refractivity contribution < 1.29 is 9.21 Å². The molecule has 0 radical (unpaired) electrons. The lowest BCUT2D eigenvalue weighted by atomic mass is 10.1. The third kappa shape index (κ3) is 3.52. The number of rotatable bonds is 3. The van der Waals surface area contributed by atoms with E-state index in [2.05, 4.69) is 20.9 Å². The Bertz CT molecular complexity index is 747. The normalized spacial score (nSPS) is 18.3. The fourth-order valence-electron chi connectivity index (χ4n) is 3.63. The van der Waals surface area contributed by atoms with Gasteiger partial charge in [0, 0.05) is 51.0 Å². The molecule has 4 rings (SSSR count). The Balaban J connectivity index is 1.44. The second-order valence-corrected chi connectivity index (χ2v) is 6.97. The van der Waals surface area contributed by atoms with Gasteiger partial charge in [0.2, 0.25) is 5.95 Å². The van der Waals surface area contributed by atoms with Crippen molar-refractivity contribution >= 4 is 17.7 Å². The number of amides is 1. The highest BCUT2D eigenvalue weighted by Crippen LogP contribution is 2.22. The van der Waals surface area contributed by atoms with Gasteiger partial charge < -0.3 is 19.1 Å². The second kappa shape index (κ2) is 7.35. The number of carbonyl (C=O) groups excluding carboxylic acids is 1. The minimum atomic E-state index is -0.0474. The molecular weight excluding hydrogens is 330 g/mol. The number of aromatic nitrogens is 2. The number of anilines is 2. The first kappa shape index (κ1) is 16.9. The number of carbonyl (C=O) groups is 1. The molecule has 0 bridgehead atoms. The maximum absolute atomic E-state index is 12.4. The monoisotopic (exact) mass is 355 g/mol. The Morgan fingerprint density at radius 2 is 1.77 bits per heavy atom. The zero-order valence-corrected chi connectivity index (χ0v) is 15.2. The highest BCUT2D eigenvalue weighted by atomic mass is 16.3. The smallest absolute Gasteiger partial charge is 0.289 e. The first-order chi connectivity index (χ1) is 12.7. The highest BCUT2D eigenvalue weighted by molar-refractivity contribution is 5.91. The van der Waals surface area contributed by atoms with Crippen LogP contribution in [0.5, 0.6) is 0 Å². The van der Waals surface area contributed by atoms with E-state index in [1.165, 1.54) is 25.5 Å². The van der Waals surface area contributed by atoms with Gasteiger partial charge in [-0.3, -0.25) is 4.79 Å². The molecule has 7 heteroatoms. The van der Waals surface area contributed by atoms with Crippen molar-refractivity contribution in [2.24, 2.45) is 0 Å². The zero-order valence-electron chi connectivity index (χ0n) is 15.2. The van der Waals surface area contributed by atoms with Crippen molar-refractivity contribution in [2.75, 3.05) is 49.1 Å². The molecule has 7 nitrogen and oxygen atoms in total. The number of piperidine rings is 1. The summed E-state index contributed by atoms with van der Waals surface area (Å²) in [6, 6.07) is 5.53. The van der Waals surface area contributed by atoms with Gasteiger partial charge in [-0.25, -0.2) is 4.98 Å². The summed E-state index contributed by atoms with van der Waals surface area (Å²) in [6.07, 6.45) is 5.29. The summed E-state index contributed by atoms with van der Waals surface area (Å²) < 4.78 is 5.22. The maximum atomic E-state index is 12.4. The quantitative estimate of drug-likeness (QED) is 0.842. The Hall–Kier alpha value is -2.57. The van der Waals surface area contributed by atoms with Crippen molar-refractivity contribution in [3.05, 3.63) is 35.9 Å². The molecule has 0 unspecified atom stereocenters. The maximum Gasteiger partial charge on any atom is 0.289 e. The van der Waals surface area contributed by atoms with Crippen LogP contribution in [0.2, 0.25) is 0 Å². The molecule has 2 aliphatic rings. The van der Waals surface area contributed by atoms with Crippen molar-refractivity contribution in [3.63, 3.8) is 0 Å². The molecule has 0 aromatic carbocycles. The van der Waals surface area contributed by atoms with Crippen LogP contribution in [0.3, 0.4) is 0 Å². The van der Waals surface area contributed by atoms with E-state index in [1.54, 1.807) is 12.1 Å². The van der Waals surface area contributed by atoms with Crippen LogP contribution in [0.1, 0.15) is 35.5 Å². The van der Waals surface area contributed by atoms with Gasteiger partial charge in [-0.1, -0.05) is 0 Å². The first-order valence-electron chi connectivity index (χ1n) is 9.39. The minimum absolute atomic E-state index is 0.0474. The lowest BCUT2D eigenvalue weighted by Crippen LogP contribution is -2.49. The lowest BCUT2D eigenvalue weighted by molar-refractivity contribution is 0.0714. The van der Waals surface area contributed by atoms with Gasteiger partial charge >= 0.3 is 0 Å². The van der Waals surface area contributed by atoms with E-state index in [-0.39, 0.29) is 5.91 Å². The number of furan rings is 1. The van der Waals surface area contributed by atoms with E-state index >= 15 is 0 Å². The Labute approximate surface area is 153 Å². The highest BCUT2D eigenvalue weighted by Gasteiger charge is 2.25. The van der Waals surface area contributed by atoms with Crippen molar-refractivity contribution in [2.45, 2.75) is 26.2 Å². The van der Waals surface area contributed by atoms with Gasteiger partial charge in [-0.15, -0.1) is 0 Å². The summed E-state index contributed by atoms with van der Waals surface area (Å²) in [5, 5.41) is 0. The zero-order chi connectivity index (χ0) is 17.9. The van der Waals surface area contributed by atoms with Crippen LogP contribution < -0.4 is 9.80 Å². The van der Waals surface area contributed by atoms with Gasteiger partial charge in [0.15, 0.2) is 5.76 Å². The molecule has 2 saturated heterocycles. The Morgan fingerprint density at radius 3 is 2.46 bits per heavy atom. The largest absolute Gasteiger partial charge is 0.459 e. The predicted molar refractivity (Wildman–Crippen MR) is 99.7 cm³/mol. The van der Waals surface area contributed by atoms with Crippen molar-refractivity contribution in [1.82, 2.24) is 14.9 Å². The van der Waals surface area contributed by atoms with E-state index in [9.17, 15) is 4.79 Å². The molecule has 138 valence electrons. The van der Waals surface area contributed by atoms with Crippen LogP contribution in [0.15, 0.2) is 28.9 Å². The SMILES string of the molecule is Cc1cc(N2CCCCC2)nc(N2CCN(C(=O)c3ccco3)CC2)n1. The second-order valence-electron chi connectivity index (χ2n) is 6.97. The molecule has 0 aliphatic carbocycles. The molecule has 2 aliphatic heterocycles. The average molecular weight is 355 g/mol. The van der Waals surface area contributed by atoms with Crippen LogP contribution in [0.25, 0.3) is 0 Å². The topological polar surface area (TPSA) is 65.7 Å². The molecule has 2 fully saturated rings. The predicted octanol–water partition coefficient (Wildman–Crippen LogP) is 2.33. The molecular formula is C19H25N5O2. The average Bonchev–Trinajstić information content (AvgIpc) is 3.22. The molecule has 2 aromatic heterocycles. The first-order valence-corrected chi connectivity index (χ1v) is 9.39. The van der Waals surface area contributed by atoms with Gasteiger partial charge in [0.25, 0.3) is 5.91 Å². The number of hydrogen-bond acceptors (Lipinski definition) is 6. The summed E-state index contributed by atoms with van der Waals surface area (Å²) in [5.41, 5.74) is 0.990. The lowest BCUT2D eigenvalue weighted by Gasteiger charge is -2.35. The minimum Gasteiger partial charge on any atom is -0.459 e. The summed E-state index contributed by atoms with van der Waals surface area (Å²) >= 11 is 0. The van der Waals surface area contributed by atoms with Gasteiger partial charge in [0.1, 0.15) is 5.82 Å². The van der Waals surface area contributed by atoms with Crippen LogP contribution in [0.4, 0.5) is 11.8 Å². The fourth-order valence-corrected chi connectivity index (χ4v) is 3.63. The molecule has 4 heterocycles.